The molecule has 0 spiro atoms. The van der Waals surface area contributed by atoms with E-state index >= 15 is 0 Å². The lowest BCUT2D eigenvalue weighted by molar-refractivity contribution is -0.139. The lowest BCUT2D eigenvalue weighted by Gasteiger charge is -2.06. The van der Waals surface area contributed by atoms with E-state index in [0.29, 0.717) is 22.6 Å². The van der Waals surface area contributed by atoms with Crippen LogP contribution in [0.1, 0.15) is 38.1 Å². The van der Waals surface area contributed by atoms with Crippen molar-refractivity contribution in [2.24, 2.45) is 20.5 Å². The summed E-state index contributed by atoms with van der Waals surface area (Å²) in [4.78, 5) is 36.2. The summed E-state index contributed by atoms with van der Waals surface area (Å²) < 4.78 is 9.63. The Bertz CT molecular complexity index is 1240. The van der Waals surface area contributed by atoms with Crippen LogP contribution in [0, 0.1) is 0 Å². The van der Waals surface area contributed by atoms with E-state index in [1.165, 1.54) is 38.1 Å². The highest BCUT2D eigenvalue weighted by Crippen LogP contribution is 2.21. The minimum atomic E-state index is -0.797. The van der Waals surface area contributed by atoms with E-state index in [2.05, 4.69) is 25.8 Å². The van der Waals surface area contributed by atoms with Gasteiger partial charge in [0.25, 0.3) is 5.91 Å². The molecule has 2 rings (SSSR count). The maximum absolute atomic E-state index is 12.6. The van der Waals surface area contributed by atoms with E-state index < -0.39 is 11.9 Å². The third-order valence-electron chi connectivity index (χ3n) is 4.41. The molecule has 0 aliphatic heterocycles. The van der Waals surface area contributed by atoms with Crippen LogP contribution in [-0.4, -0.2) is 41.3 Å². The topological polar surface area (TPSA) is 172 Å². The van der Waals surface area contributed by atoms with Gasteiger partial charge in [-0.15, -0.1) is 10.2 Å². The molecule has 0 aromatic heterocycles. The van der Waals surface area contributed by atoms with Crippen LogP contribution in [0.5, 0.6) is 0 Å². The fourth-order valence-electron chi connectivity index (χ4n) is 2.63. The summed E-state index contributed by atoms with van der Waals surface area (Å²) >= 11 is 0. The van der Waals surface area contributed by atoms with Gasteiger partial charge in [0.2, 0.25) is 11.4 Å². The van der Waals surface area contributed by atoms with Gasteiger partial charge < -0.3 is 25.0 Å². The minimum absolute atomic E-state index is 0.124. The molecule has 0 saturated heterocycles. The highest BCUT2D eigenvalue weighted by Gasteiger charge is 2.15. The van der Waals surface area contributed by atoms with Crippen molar-refractivity contribution in [2.75, 3.05) is 18.5 Å². The molecule has 0 bridgehead atoms. The van der Waals surface area contributed by atoms with Gasteiger partial charge in [0.05, 0.1) is 24.6 Å². The van der Waals surface area contributed by atoms with Gasteiger partial charge in [-0.05, 0) is 76.2 Å². The highest BCUT2D eigenvalue weighted by molar-refractivity contribution is 6.04. The highest BCUT2D eigenvalue weighted by atomic mass is 16.5. The number of nitrogens with one attached hydrogen (secondary N) is 1. The zero-order valence-electron chi connectivity index (χ0n) is 20.8. The SMILES string of the molecule is CCOC(=O)/C(N=Nc1ccc(C(=O)Nc2ccc(N=N/C(C(=O)OCC)=C(\C)O)cc2)cc1)=C(\C)O. The van der Waals surface area contributed by atoms with Crippen molar-refractivity contribution < 1.29 is 34.1 Å². The average Bonchev–Trinajstić information content (AvgIpc) is 2.85. The first kappa shape index (κ1) is 28.4. The Morgan fingerprint density at radius 1 is 0.730 bits per heavy atom. The molecule has 0 aliphatic rings. The van der Waals surface area contributed by atoms with Gasteiger partial charge in [0, 0.05) is 11.3 Å². The summed E-state index contributed by atoms with van der Waals surface area (Å²) in [5.74, 6) is -2.63. The number of carbonyl (C=O) groups excluding carboxylic acids is 3. The van der Waals surface area contributed by atoms with Crippen LogP contribution in [0.3, 0.4) is 0 Å². The molecule has 3 N–H and O–H groups in total. The van der Waals surface area contributed by atoms with Crippen LogP contribution in [0.15, 0.2) is 91.9 Å². The number of amides is 1. The van der Waals surface area contributed by atoms with Gasteiger partial charge in [-0.25, -0.2) is 9.59 Å². The van der Waals surface area contributed by atoms with E-state index in [0.717, 1.165) is 0 Å². The predicted octanol–water partition coefficient (Wildman–Crippen LogP) is 5.81. The number of aliphatic hydroxyl groups excluding tert-OH is 2. The van der Waals surface area contributed by atoms with Crippen molar-refractivity contribution in [3.05, 3.63) is 77.0 Å². The minimum Gasteiger partial charge on any atom is -0.510 e. The number of anilines is 1. The summed E-state index contributed by atoms with van der Waals surface area (Å²) in [6.07, 6.45) is 0. The molecular weight excluding hydrogens is 482 g/mol. The lowest BCUT2D eigenvalue weighted by atomic mass is 10.2. The normalized spacial score (nSPS) is 12.6. The van der Waals surface area contributed by atoms with Crippen LogP contribution in [-0.2, 0) is 19.1 Å². The van der Waals surface area contributed by atoms with Crippen molar-refractivity contribution in [3.8, 4) is 0 Å². The van der Waals surface area contributed by atoms with E-state index in [1.807, 2.05) is 0 Å². The van der Waals surface area contributed by atoms with Crippen molar-refractivity contribution in [2.45, 2.75) is 27.7 Å². The molecule has 0 atom stereocenters. The summed E-state index contributed by atoms with van der Waals surface area (Å²) in [6, 6.07) is 12.4. The first-order valence-corrected chi connectivity index (χ1v) is 11.1. The van der Waals surface area contributed by atoms with Gasteiger partial charge in [0.1, 0.15) is 11.5 Å². The average molecular weight is 510 g/mol. The molecule has 2 aromatic carbocycles. The number of hydrogen-bond acceptors (Lipinski definition) is 11. The van der Waals surface area contributed by atoms with E-state index in [1.54, 1.807) is 38.1 Å². The molecule has 2 aromatic rings. The van der Waals surface area contributed by atoms with Crippen molar-refractivity contribution >= 4 is 34.9 Å². The Labute approximate surface area is 213 Å². The Hall–Kier alpha value is -4.87. The third-order valence-corrected chi connectivity index (χ3v) is 4.41. The molecule has 0 heterocycles. The van der Waals surface area contributed by atoms with Crippen LogP contribution < -0.4 is 5.32 Å². The number of carbonyl (C=O) groups is 3. The van der Waals surface area contributed by atoms with Gasteiger partial charge in [-0.2, -0.15) is 10.2 Å². The van der Waals surface area contributed by atoms with Crippen LogP contribution in [0.2, 0.25) is 0 Å². The van der Waals surface area contributed by atoms with Crippen molar-refractivity contribution in [1.82, 2.24) is 0 Å². The monoisotopic (exact) mass is 509 g/mol. The second kappa shape index (κ2) is 13.9. The molecule has 0 aliphatic carbocycles. The predicted molar refractivity (Wildman–Crippen MR) is 134 cm³/mol. The number of allylic oxidation sites excluding steroid dienone is 2. The van der Waals surface area contributed by atoms with Crippen molar-refractivity contribution in [1.29, 1.82) is 0 Å². The molecule has 0 saturated carbocycles. The number of esters is 2. The molecule has 0 unspecified atom stereocenters. The number of rotatable bonds is 10. The maximum Gasteiger partial charge on any atom is 0.362 e. The van der Waals surface area contributed by atoms with E-state index in [9.17, 15) is 24.6 Å². The van der Waals surface area contributed by atoms with Gasteiger partial charge in [-0.3, -0.25) is 4.79 Å². The Morgan fingerprint density at radius 3 is 1.51 bits per heavy atom. The molecule has 0 fully saturated rings. The number of hydrogen-bond donors (Lipinski definition) is 3. The first-order chi connectivity index (χ1) is 17.7. The Balaban J connectivity index is 2.04. The van der Waals surface area contributed by atoms with Crippen LogP contribution >= 0.6 is 0 Å². The fraction of sp³-hybridized carbons (Fsp3) is 0.240. The zero-order chi connectivity index (χ0) is 27.4. The summed E-state index contributed by atoms with van der Waals surface area (Å²) in [5, 5.41) is 37.2. The second-order valence-electron chi connectivity index (χ2n) is 7.26. The number of nitrogens with zero attached hydrogens (tertiary/aromatic N) is 4. The third kappa shape index (κ3) is 8.69. The first-order valence-electron chi connectivity index (χ1n) is 11.1. The Kier molecular flexibility index (Phi) is 10.6. The molecule has 12 nitrogen and oxygen atoms in total. The fourth-order valence-corrected chi connectivity index (χ4v) is 2.63. The van der Waals surface area contributed by atoms with Crippen molar-refractivity contribution in [3.63, 3.8) is 0 Å². The smallest absolute Gasteiger partial charge is 0.362 e. The summed E-state index contributed by atoms with van der Waals surface area (Å²) in [7, 11) is 0. The molecule has 1 amide bonds. The molecule has 194 valence electrons. The second-order valence-corrected chi connectivity index (χ2v) is 7.26. The zero-order valence-corrected chi connectivity index (χ0v) is 20.8. The number of aliphatic hydroxyl groups is 2. The molecule has 12 heteroatoms. The standard InChI is InChI=1S/C25H27N5O7/c1-5-36-24(34)21(15(3)31)29-27-19-9-7-17(8-10-19)23(33)26-18-11-13-20(14-12-18)28-30-22(16(4)32)25(35)37-6-2/h7-14,31-32H,5-6H2,1-4H3,(H,26,33)/b21-15-,22-16+,29-27?,30-28?. The van der Waals surface area contributed by atoms with Gasteiger partial charge >= 0.3 is 11.9 Å². The number of ether oxygens (including phenoxy) is 2. The number of azo groups is 2. The van der Waals surface area contributed by atoms with Crippen LogP contribution in [0.25, 0.3) is 0 Å². The molecule has 0 radical (unpaired) electrons. The van der Waals surface area contributed by atoms with Gasteiger partial charge in [-0.1, -0.05) is 0 Å². The molecular formula is C25H27N5O7. The maximum atomic E-state index is 12.6. The van der Waals surface area contributed by atoms with E-state index in [-0.39, 0.29) is 42.0 Å². The summed E-state index contributed by atoms with van der Waals surface area (Å²) in [6.45, 7) is 6.10. The number of benzene rings is 2. The molecule has 37 heavy (non-hydrogen) atoms. The quantitative estimate of drug-likeness (QED) is 0.157. The largest absolute Gasteiger partial charge is 0.510 e. The van der Waals surface area contributed by atoms with Gasteiger partial charge in [0.15, 0.2) is 0 Å². The van der Waals surface area contributed by atoms with Crippen LogP contribution in [0.4, 0.5) is 17.1 Å². The van der Waals surface area contributed by atoms with E-state index in [4.69, 9.17) is 9.47 Å². The summed E-state index contributed by atoms with van der Waals surface area (Å²) in [5.41, 5.74) is 0.932. The Morgan fingerprint density at radius 2 is 1.14 bits per heavy atom. The lowest BCUT2D eigenvalue weighted by Crippen LogP contribution is -2.11.